The second kappa shape index (κ2) is 8.72. The van der Waals surface area contributed by atoms with Crippen molar-refractivity contribution in [2.75, 3.05) is 5.32 Å². The van der Waals surface area contributed by atoms with Crippen LogP contribution in [-0.2, 0) is 24.9 Å². The van der Waals surface area contributed by atoms with Crippen LogP contribution in [-0.4, -0.2) is 27.3 Å². The highest BCUT2D eigenvalue weighted by atomic mass is 32.2. The molecule has 140 valence electrons. The Morgan fingerprint density at radius 2 is 1.54 bits per heavy atom. The smallest absolute Gasteiger partial charge is 0.294 e. The predicted octanol–water partition coefficient (Wildman–Crippen LogP) is 1.78. The van der Waals surface area contributed by atoms with E-state index in [0.29, 0.717) is 5.57 Å². The van der Waals surface area contributed by atoms with Crippen molar-refractivity contribution in [3.8, 4) is 0 Å². The van der Waals surface area contributed by atoms with Crippen LogP contribution in [0.25, 0.3) is 0 Å². The van der Waals surface area contributed by atoms with Gasteiger partial charge in [-0.3, -0.25) is 9.35 Å². The van der Waals surface area contributed by atoms with Gasteiger partial charge in [0.05, 0.1) is 9.79 Å². The average Bonchev–Trinajstić information content (AvgIpc) is 2.55. The molecule has 26 heavy (non-hydrogen) atoms. The van der Waals surface area contributed by atoms with Gasteiger partial charge in [-0.05, 0) is 37.3 Å². The maximum Gasteiger partial charge on any atom is 0.294 e. The number of anilines is 1. The third-order valence-corrected chi connectivity index (χ3v) is 4.63. The minimum absolute atomic E-state index is 0.148. The van der Waals surface area contributed by atoms with Crippen molar-refractivity contribution in [3.05, 3.63) is 66.7 Å². The number of nitrogens with one attached hydrogen (secondary N) is 1. The minimum Gasteiger partial charge on any atom is -0.322 e. The molecule has 0 bridgehead atoms. The lowest BCUT2D eigenvalue weighted by Gasteiger charge is -2.05. The van der Waals surface area contributed by atoms with Crippen molar-refractivity contribution in [2.45, 2.75) is 16.7 Å². The first-order chi connectivity index (χ1) is 11.9. The monoisotopic (exact) mass is 398 g/mol. The van der Waals surface area contributed by atoms with E-state index >= 15 is 0 Å². The fourth-order valence-electron chi connectivity index (χ4n) is 1.58. The Balaban J connectivity index is 0.000000289. The normalized spacial score (nSPS) is 11.0. The van der Waals surface area contributed by atoms with Gasteiger partial charge in [0, 0.05) is 11.3 Å². The van der Waals surface area contributed by atoms with Crippen LogP contribution in [0.15, 0.2) is 76.5 Å². The number of carbonyl (C=O) groups excluding carboxylic acids is 1. The molecule has 8 nitrogen and oxygen atoms in total. The first-order valence-electron chi connectivity index (χ1n) is 7.03. The van der Waals surface area contributed by atoms with Crippen molar-refractivity contribution >= 4 is 31.7 Å². The summed E-state index contributed by atoms with van der Waals surface area (Å²) in [5, 5.41) is 7.27. The van der Waals surface area contributed by atoms with Gasteiger partial charge in [-0.1, -0.05) is 30.8 Å². The average molecular weight is 398 g/mol. The Labute approximate surface area is 152 Å². The summed E-state index contributed by atoms with van der Waals surface area (Å²) in [6.45, 7) is 4.97. The summed E-state index contributed by atoms with van der Waals surface area (Å²) < 4.78 is 51.7. The maximum atomic E-state index is 11.3. The Bertz CT molecular complexity index is 1000. The number of sulfonamides is 1. The summed E-state index contributed by atoms with van der Waals surface area (Å²) in [5.41, 5.74) is 0.584. The molecule has 0 aromatic heterocycles. The minimum atomic E-state index is -4.26. The topological polar surface area (TPSA) is 144 Å². The molecule has 0 saturated carbocycles. The van der Waals surface area contributed by atoms with E-state index in [0.717, 1.165) is 6.07 Å². The molecule has 2 aromatic carbocycles. The Kier molecular flexibility index (Phi) is 7.21. The van der Waals surface area contributed by atoms with Crippen LogP contribution in [0.3, 0.4) is 0 Å². The largest absolute Gasteiger partial charge is 0.322 e. The van der Waals surface area contributed by atoms with E-state index < -0.39 is 26.0 Å². The zero-order chi connectivity index (χ0) is 20.0. The van der Waals surface area contributed by atoms with Gasteiger partial charge in [-0.15, -0.1) is 0 Å². The van der Waals surface area contributed by atoms with Gasteiger partial charge in [0.1, 0.15) is 0 Å². The van der Waals surface area contributed by atoms with Crippen LogP contribution in [0.5, 0.6) is 0 Å². The lowest BCUT2D eigenvalue weighted by atomic mass is 10.3. The van der Waals surface area contributed by atoms with Gasteiger partial charge in [-0.2, -0.15) is 8.42 Å². The third kappa shape index (κ3) is 7.15. The number of benzene rings is 2. The second-order valence-electron chi connectivity index (χ2n) is 5.10. The Morgan fingerprint density at radius 1 is 1.00 bits per heavy atom. The molecule has 2 aromatic rings. The Morgan fingerprint density at radius 3 is 1.96 bits per heavy atom. The first-order valence-corrected chi connectivity index (χ1v) is 10.0. The highest BCUT2D eigenvalue weighted by molar-refractivity contribution is 7.89. The quantitative estimate of drug-likeness (QED) is 0.529. The van der Waals surface area contributed by atoms with Crippen molar-refractivity contribution in [1.82, 2.24) is 0 Å². The van der Waals surface area contributed by atoms with Crippen molar-refractivity contribution in [2.24, 2.45) is 5.14 Å². The first kappa shape index (κ1) is 21.5. The molecule has 4 N–H and O–H groups in total. The number of amides is 1. The van der Waals surface area contributed by atoms with Crippen molar-refractivity contribution in [1.29, 1.82) is 0 Å². The molecule has 0 radical (unpaired) electrons. The molecular weight excluding hydrogens is 380 g/mol. The van der Waals surface area contributed by atoms with Crippen LogP contribution in [0, 0.1) is 0 Å². The number of hydrogen-bond acceptors (Lipinski definition) is 5. The molecule has 1 amide bonds. The van der Waals surface area contributed by atoms with E-state index in [9.17, 15) is 21.6 Å². The standard InChI is InChI=1S/C10H11NO4S.C6H7NO2S/c1-7(2)10(12)11-8-4-3-5-9(6-8)16(13,14)15;7-10(8,9)6-4-2-1-3-5-6/h3-6H,1H2,2H3,(H,11,12)(H,13,14,15);1-5H,(H2,7,8,9). The molecule has 0 aliphatic rings. The van der Waals surface area contributed by atoms with E-state index in [4.69, 9.17) is 9.69 Å². The lowest BCUT2D eigenvalue weighted by molar-refractivity contribution is -0.112. The van der Waals surface area contributed by atoms with Crippen LogP contribution in [0.1, 0.15) is 6.92 Å². The summed E-state index contributed by atoms with van der Waals surface area (Å²) in [6, 6.07) is 13.2. The van der Waals surface area contributed by atoms with E-state index in [-0.39, 0.29) is 15.5 Å². The van der Waals surface area contributed by atoms with E-state index in [1.807, 2.05) is 0 Å². The summed E-state index contributed by atoms with van der Waals surface area (Å²) in [6.07, 6.45) is 0. The van der Waals surface area contributed by atoms with Gasteiger partial charge in [0.25, 0.3) is 16.0 Å². The Hall–Kier alpha value is -2.53. The van der Waals surface area contributed by atoms with Gasteiger partial charge in [0.15, 0.2) is 0 Å². The molecule has 0 unspecified atom stereocenters. The zero-order valence-electron chi connectivity index (χ0n) is 13.8. The van der Waals surface area contributed by atoms with Crippen LogP contribution >= 0.6 is 0 Å². The summed E-state index contributed by atoms with van der Waals surface area (Å²) in [7, 11) is -7.76. The highest BCUT2D eigenvalue weighted by Crippen LogP contribution is 2.15. The molecule has 0 spiro atoms. The van der Waals surface area contributed by atoms with Gasteiger partial charge in [0.2, 0.25) is 10.0 Å². The second-order valence-corrected chi connectivity index (χ2v) is 8.08. The molecular formula is C16H18N2O6S2. The van der Waals surface area contributed by atoms with Gasteiger partial charge in [-0.25, -0.2) is 13.6 Å². The molecule has 0 atom stereocenters. The fraction of sp³-hybridized carbons (Fsp3) is 0.0625. The van der Waals surface area contributed by atoms with Crippen molar-refractivity contribution in [3.63, 3.8) is 0 Å². The predicted molar refractivity (Wildman–Crippen MR) is 97.5 cm³/mol. The highest BCUT2D eigenvalue weighted by Gasteiger charge is 2.10. The zero-order valence-corrected chi connectivity index (χ0v) is 15.4. The third-order valence-electron chi connectivity index (χ3n) is 2.85. The van der Waals surface area contributed by atoms with E-state index in [2.05, 4.69) is 11.9 Å². The van der Waals surface area contributed by atoms with Crippen LogP contribution < -0.4 is 10.5 Å². The number of rotatable bonds is 4. The molecule has 0 aliphatic carbocycles. The van der Waals surface area contributed by atoms with Gasteiger partial charge >= 0.3 is 0 Å². The van der Waals surface area contributed by atoms with Crippen LogP contribution in [0.2, 0.25) is 0 Å². The molecule has 2 rings (SSSR count). The maximum absolute atomic E-state index is 11.3. The number of nitrogens with two attached hydrogens (primary N) is 1. The van der Waals surface area contributed by atoms with Crippen LogP contribution in [0.4, 0.5) is 5.69 Å². The summed E-state index contributed by atoms with van der Waals surface area (Å²) in [4.78, 5) is 11.1. The fourth-order valence-corrected chi connectivity index (χ4v) is 2.65. The molecule has 0 fully saturated rings. The summed E-state index contributed by atoms with van der Waals surface area (Å²) in [5.74, 6) is -0.410. The number of hydrogen-bond donors (Lipinski definition) is 3. The molecule has 10 heteroatoms. The van der Waals surface area contributed by atoms with E-state index in [1.54, 1.807) is 18.2 Å². The number of carbonyl (C=O) groups is 1. The SMILES string of the molecule is C=C(C)C(=O)Nc1cccc(S(=O)(=O)O)c1.NS(=O)(=O)c1ccccc1. The molecule has 0 heterocycles. The summed E-state index contributed by atoms with van der Waals surface area (Å²) >= 11 is 0. The van der Waals surface area contributed by atoms with Crippen molar-refractivity contribution < 1.29 is 26.2 Å². The van der Waals surface area contributed by atoms with E-state index in [1.165, 1.54) is 37.3 Å². The molecule has 0 aliphatic heterocycles. The van der Waals surface area contributed by atoms with Gasteiger partial charge < -0.3 is 5.32 Å². The number of primary sulfonamides is 1. The lowest BCUT2D eigenvalue weighted by Crippen LogP contribution is -2.12. The molecule has 0 saturated heterocycles.